The van der Waals surface area contributed by atoms with Gasteiger partial charge in [-0.05, 0) is 24.1 Å². The Kier molecular flexibility index (Phi) is 7.19. The molecular weight excluding hydrogens is 338 g/mol. The van der Waals surface area contributed by atoms with Crippen LogP contribution in [0.5, 0.6) is 0 Å². The van der Waals surface area contributed by atoms with E-state index in [0.717, 1.165) is 38.4 Å². The third kappa shape index (κ3) is 5.77. The monoisotopic (exact) mass is 367 g/mol. The number of nitrogens with zero attached hydrogens (tertiary/aromatic N) is 4. The van der Waals surface area contributed by atoms with Crippen molar-refractivity contribution >= 4 is 11.7 Å². The highest BCUT2D eigenvalue weighted by molar-refractivity contribution is 5.78. The lowest BCUT2D eigenvalue weighted by atomic mass is 10.1. The molecule has 1 fully saturated rings. The molecule has 0 unspecified atom stereocenters. The number of carbonyl (C=O) groups excluding carboxylic acids is 1. The lowest BCUT2D eigenvalue weighted by Crippen LogP contribution is -2.51. The number of aromatic nitrogens is 1. The molecule has 1 aliphatic rings. The van der Waals surface area contributed by atoms with Crippen LogP contribution in [0.2, 0.25) is 0 Å². The first kappa shape index (κ1) is 19.3. The largest absolute Gasteiger partial charge is 0.354 e. The van der Waals surface area contributed by atoms with Crippen LogP contribution in [0.1, 0.15) is 5.56 Å². The van der Waals surface area contributed by atoms with E-state index in [1.54, 1.807) is 0 Å². The first-order valence-corrected chi connectivity index (χ1v) is 9.66. The number of rotatable bonds is 8. The van der Waals surface area contributed by atoms with E-state index in [0.29, 0.717) is 26.2 Å². The van der Waals surface area contributed by atoms with Crippen LogP contribution in [0.25, 0.3) is 0 Å². The molecule has 0 saturated carbocycles. The fourth-order valence-corrected chi connectivity index (χ4v) is 3.39. The number of anilines is 1. The van der Waals surface area contributed by atoms with E-state index in [1.807, 2.05) is 47.5 Å². The van der Waals surface area contributed by atoms with E-state index in [1.165, 1.54) is 5.56 Å². The fraction of sp³-hybridized carbons (Fsp3) is 0.429. The fourth-order valence-electron chi connectivity index (χ4n) is 3.39. The molecule has 2 N–H and O–H groups in total. The average molecular weight is 367 g/mol. The number of hydrogen-bond donors (Lipinski definition) is 1. The normalized spacial score (nSPS) is 14.9. The topological polar surface area (TPSA) is 65.7 Å². The quantitative estimate of drug-likeness (QED) is 0.760. The van der Waals surface area contributed by atoms with Crippen molar-refractivity contribution in [2.24, 2.45) is 5.73 Å². The Balaban J connectivity index is 1.47. The van der Waals surface area contributed by atoms with Crippen molar-refractivity contribution in [1.82, 2.24) is 14.8 Å². The van der Waals surface area contributed by atoms with E-state index in [4.69, 9.17) is 5.73 Å². The molecule has 1 aromatic carbocycles. The Hall–Kier alpha value is -2.44. The number of pyridine rings is 1. The summed E-state index contributed by atoms with van der Waals surface area (Å²) in [5.74, 6) is 1.18. The van der Waals surface area contributed by atoms with Gasteiger partial charge in [0, 0.05) is 52.0 Å². The minimum Gasteiger partial charge on any atom is -0.354 e. The van der Waals surface area contributed by atoms with Gasteiger partial charge < -0.3 is 15.5 Å². The van der Waals surface area contributed by atoms with E-state index < -0.39 is 0 Å². The molecule has 27 heavy (non-hydrogen) atoms. The summed E-state index contributed by atoms with van der Waals surface area (Å²) in [5, 5.41) is 0. The van der Waals surface area contributed by atoms with E-state index in [9.17, 15) is 4.79 Å². The van der Waals surface area contributed by atoms with Crippen molar-refractivity contribution in [3.63, 3.8) is 0 Å². The number of nitrogens with two attached hydrogens (primary N) is 1. The van der Waals surface area contributed by atoms with Gasteiger partial charge in [-0.25, -0.2) is 4.98 Å². The van der Waals surface area contributed by atoms with Crippen molar-refractivity contribution in [1.29, 1.82) is 0 Å². The summed E-state index contributed by atoms with van der Waals surface area (Å²) in [6.07, 6.45) is 2.68. The molecule has 144 valence electrons. The van der Waals surface area contributed by atoms with Gasteiger partial charge in [0.2, 0.25) is 5.91 Å². The summed E-state index contributed by atoms with van der Waals surface area (Å²) >= 11 is 0. The zero-order chi connectivity index (χ0) is 18.9. The molecule has 3 rings (SSSR count). The highest BCUT2D eigenvalue weighted by Gasteiger charge is 2.22. The van der Waals surface area contributed by atoms with Crippen molar-refractivity contribution in [2.45, 2.75) is 6.42 Å². The molecule has 6 heteroatoms. The van der Waals surface area contributed by atoms with E-state index in [2.05, 4.69) is 26.9 Å². The summed E-state index contributed by atoms with van der Waals surface area (Å²) in [5.41, 5.74) is 6.98. The molecule has 0 radical (unpaired) electrons. The van der Waals surface area contributed by atoms with Gasteiger partial charge in [-0.2, -0.15) is 0 Å². The summed E-state index contributed by atoms with van der Waals surface area (Å²) in [6.45, 7) is 5.82. The molecule has 0 atom stereocenters. The zero-order valence-electron chi connectivity index (χ0n) is 15.8. The first-order valence-electron chi connectivity index (χ1n) is 9.66. The Morgan fingerprint density at radius 2 is 1.74 bits per heavy atom. The average Bonchev–Trinajstić information content (AvgIpc) is 2.73. The Bertz CT molecular complexity index is 686. The van der Waals surface area contributed by atoms with Gasteiger partial charge in [0.1, 0.15) is 5.82 Å². The van der Waals surface area contributed by atoms with Gasteiger partial charge in [-0.15, -0.1) is 0 Å². The third-order valence-corrected chi connectivity index (χ3v) is 4.97. The molecule has 0 spiro atoms. The van der Waals surface area contributed by atoms with Crippen molar-refractivity contribution in [2.75, 3.05) is 57.3 Å². The molecule has 0 aliphatic carbocycles. The van der Waals surface area contributed by atoms with Crippen LogP contribution in [0.4, 0.5) is 5.82 Å². The summed E-state index contributed by atoms with van der Waals surface area (Å²) in [6, 6.07) is 16.3. The lowest BCUT2D eigenvalue weighted by molar-refractivity contribution is -0.132. The Morgan fingerprint density at radius 3 is 2.41 bits per heavy atom. The molecule has 0 bridgehead atoms. The standard InChI is InChI=1S/C21H29N5O/c22-10-13-26(12-9-19-6-2-1-3-7-19)21(27)18-24-14-16-25(17-15-24)20-8-4-5-11-23-20/h1-8,11H,9-10,12-18,22H2. The second kappa shape index (κ2) is 10.0. The van der Waals surface area contributed by atoms with Crippen LogP contribution in [0.15, 0.2) is 54.7 Å². The van der Waals surface area contributed by atoms with Crippen molar-refractivity contribution < 1.29 is 4.79 Å². The Morgan fingerprint density at radius 1 is 1.00 bits per heavy atom. The van der Waals surface area contributed by atoms with Gasteiger partial charge in [-0.3, -0.25) is 9.69 Å². The summed E-state index contributed by atoms with van der Waals surface area (Å²) in [7, 11) is 0. The third-order valence-electron chi connectivity index (χ3n) is 4.97. The maximum atomic E-state index is 12.8. The van der Waals surface area contributed by atoms with Gasteiger partial charge in [0.25, 0.3) is 0 Å². The highest BCUT2D eigenvalue weighted by atomic mass is 16.2. The molecule has 6 nitrogen and oxygen atoms in total. The molecule has 2 aromatic rings. The second-order valence-electron chi connectivity index (χ2n) is 6.86. The predicted molar refractivity (Wildman–Crippen MR) is 109 cm³/mol. The van der Waals surface area contributed by atoms with E-state index >= 15 is 0 Å². The van der Waals surface area contributed by atoms with Crippen molar-refractivity contribution in [3.8, 4) is 0 Å². The van der Waals surface area contributed by atoms with Crippen LogP contribution in [0, 0.1) is 0 Å². The second-order valence-corrected chi connectivity index (χ2v) is 6.86. The molecule has 1 aromatic heterocycles. The lowest BCUT2D eigenvalue weighted by Gasteiger charge is -2.36. The number of amides is 1. The highest BCUT2D eigenvalue weighted by Crippen LogP contribution is 2.12. The number of benzene rings is 1. The van der Waals surface area contributed by atoms with Crippen LogP contribution in [-0.2, 0) is 11.2 Å². The maximum absolute atomic E-state index is 12.8. The van der Waals surface area contributed by atoms with Crippen LogP contribution >= 0.6 is 0 Å². The zero-order valence-corrected chi connectivity index (χ0v) is 15.8. The smallest absolute Gasteiger partial charge is 0.236 e. The minimum absolute atomic E-state index is 0.169. The molecular formula is C21H29N5O. The van der Waals surface area contributed by atoms with E-state index in [-0.39, 0.29) is 5.91 Å². The summed E-state index contributed by atoms with van der Waals surface area (Å²) in [4.78, 5) is 23.6. The van der Waals surface area contributed by atoms with Gasteiger partial charge in [-0.1, -0.05) is 36.4 Å². The molecule has 1 amide bonds. The van der Waals surface area contributed by atoms with Gasteiger partial charge >= 0.3 is 0 Å². The van der Waals surface area contributed by atoms with Gasteiger partial charge in [0.15, 0.2) is 0 Å². The molecule has 1 aliphatic heterocycles. The summed E-state index contributed by atoms with van der Waals surface area (Å²) < 4.78 is 0. The molecule has 1 saturated heterocycles. The number of piperazine rings is 1. The Labute approximate surface area is 161 Å². The van der Waals surface area contributed by atoms with Crippen LogP contribution < -0.4 is 10.6 Å². The first-order chi connectivity index (χ1) is 13.3. The minimum atomic E-state index is 0.169. The van der Waals surface area contributed by atoms with Crippen LogP contribution in [-0.4, -0.2) is 73.0 Å². The predicted octanol–water partition coefficient (Wildman–Crippen LogP) is 1.23. The van der Waals surface area contributed by atoms with Gasteiger partial charge in [0.05, 0.1) is 6.54 Å². The van der Waals surface area contributed by atoms with Crippen LogP contribution in [0.3, 0.4) is 0 Å². The maximum Gasteiger partial charge on any atom is 0.236 e. The number of carbonyl (C=O) groups is 1. The number of hydrogen-bond acceptors (Lipinski definition) is 5. The molecule has 2 heterocycles. The SMILES string of the molecule is NCCN(CCc1ccccc1)C(=O)CN1CCN(c2ccccn2)CC1. The van der Waals surface area contributed by atoms with Crippen molar-refractivity contribution in [3.05, 3.63) is 60.3 Å².